The predicted octanol–water partition coefficient (Wildman–Crippen LogP) is 4.17. The first kappa shape index (κ1) is 23.3. The molecular formula is C28H30N2O5. The van der Waals surface area contributed by atoms with E-state index in [-0.39, 0.29) is 42.1 Å². The molecule has 0 saturated carbocycles. The lowest BCUT2D eigenvalue weighted by atomic mass is 9.75. The number of nitrogens with one attached hydrogen (secondary N) is 1. The van der Waals surface area contributed by atoms with Crippen molar-refractivity contribution in [1.29, 1.82) is 0 Å². The van der Waals surface area contributed by atoms with Crippen LogP contribution in [0.3, 0.4) is 0 Å². The maximum atomic E-state index is 12.7. The third kappa shape index (κ3) is 5.30. The number of benzene rings is 2. The molecule has 7 nitrogen and oxygen atoms in total. The van der Waals surface area contributed by atoms with Crippen LogP contribution in [0.15, 0.2) is 65.3 Å². The number of nitrogens with zero attached hydrogens (tertiary/aromatic N) is 1. The summed E-state index contributed by atoms with van der Waals surface area (Å²) >= 11 is 0. The van der Waals surface area contributed by atoms with Crippen LogP contribution < -0.4 is 5.32 Å². The summed E-state index contributed by atoms with van der Waals surface area (Å²) in [5.74, 6) is -0.330. The molecule has 0 unspecified atom stereocenters. The molecule has 0 aliphatic carbocycles. The molecule has 5 rings (SSSR count). The van der Waals surface area contributed by atoms with Gasteiger partial charge in [0.05, 0.1) is 18.1 Å². The minimum Gasteiger partial charge on any atom is -0.481 e. The topological polar surface area (TPSA) is 102 Å². The van der Waals surface area contributed by atoms with Gasteiger partial charge in [-0.15, -0.1) is 0 Å². The van der Waals surface area contributed by atoms with E-state index in [0.29, 0.717) is 18.9 Å². The highest BCUT2D eigenvalue weighted by Crippen LogP contribution is 2.49. The molecule has 3 aromatic rings. The number of carbonyl (C=O) groups excluding carboxylic acids is 1. The summed E-state index contributed by atoms with van der Waals surface area (Å²) in [5, 5.41) is 12.0. The quantitative estimate of drug-likeness (QED) is 0.457. The molecule has 2 aliphatic heterocycles. The SMILES string of the molecule is O=C(O)CCc1ccccc1C[C@@H]1[C@H](c2nc(C(=O)NCCc3ccccc3)co2)[C@H]2CC[C@@H]1O2. The molecule has 7 heteroatoms. The molecule has 3 heterocycles. The van der Waals surface area contributed by atoms with Crippen LogP contribution in [-0.2, 0) is 28.8 Å². The van der Waals surface area contributed by atoms with Gasteiger partial charge < -0.3 is 19.6 Å². The van der Waals surface area contributed by atoms with E-state index in [1.165, 1.54) is 11.8 Å². The van der Waals surface area contributed by atoms with Crippen molar-refractivity contribution in [3.63, 3.8) is 0 Å². The number of rotatable bonds is 10. The van der Waals surface area contributed by atoms with Crippen molar-refractivity contribution in [3.05, 3.63) is 89.1 Å². The third-order valence-electron chi connectivity index (χ3n) is 7.19. The van der Waals surface area contributed by atoms with E-state index in [1.54, 1.807) is 0 Å². The predicted molar refractivity (Wildman–Crippen MR) is 129 cm³/mol. The normalized spacial score (nSPS) is 22.9. The zero-order chi connectivity index (χ0) is 24.2. The number of carboxylic acid groups (broad SMARTS) is 1. The van der Waals surface area contributed by atoms with Gasteiger partial charge in [-0.2, -0.15) is 0 Å². The number of hydrogen-bond acceptors (Lipinski definition) is 5. The van der Waals surface area contributed by atoms with Crippen LogP contribution in [-0.4, -0.2) is 40.7 Å². The molecule has 0 radical (unpaired) electrons. The summed E-state index contributed by atoms with van der Waals surface area (Å²) in [6, 6.07) is 18.0. The number of carbonyl (C=O) groups is 2. The first-order valence-electron chi connectivity index (χ1n) is 12.3. The molecule has 2 fully saturated rings. The van der Waals surface area contributed by atoms with Gasteiger partial charge in [-0.1, -0.05) is 54.6 Å². The van der Waals surface area contributed by atoms with Gasteiger partial charge in [0.2, 0.25) is 5.89 Å². The summed E-state index contributed by atoms with van der Waals surface area (Å²) in [6.07, 6.45) is 5.67. The van der Waals surface area contributed by atoms with Gasteiger partial charge in [0.25, 0.3) is 5.91 Å². The monoisotopic (exact) mass is 474 g/mol. The highest BCUT2D eigenvalue weighted by Gasteiger charge is 2.51. The van der Waals surface area contributed by atoms with E-state index >= 15 is 0 Å². The Balaban J connectivity index is 1.26. The van der Waals surface area contributed by atoms with Crippen molar-refractivity contribution in [2.45, 2.75) is 56.7 Å². The lowest BCUT2D eigenvalue weighted by Crippen LogP contribution is -2.28. The number of aromatic nitrogens is 1. The Bertz CT molecular complexity index is 1170. The highest BCUT2D eigenvalue weighted by molar-refractivity contribution is 5.91. The zero-order valence-corrected chi connectivity index (χ0v) is 19.6. The van der Waals surface area contributed by atoms with E-state index in [1.807, 2.05) is 48.5 Å². The van der Waals surface area contributed by atoms with Crippen molar-refractivity contribution in [1.82, 2.24) is 10.3 Å². The van der Waals surface area contributed by atoms with Crippen LogP contribution in [0.4, 0.5) is 0 Å². The zero-order valence-electron chi connectivity index (χ0n) is 19.6. The third-order valence-corrected chi connectivity index (χ3v) is 7.19. The lowest BCUT2D eigenvalue weighted by Gasteiger charge is -2.26. The van der Waals surface area contributed by atoms with E-state index in [0.717, 1.165) is 36.8 Å². The largest absolute Gasteiger partial charge is 0.481 e. The molecule has 2 aliphatic rings. The molecule has 2 bridgehead atoms. The number of ether oxygens (including phenoxy) is 1. The average Bonchev–Trinajstić information content (AvgIpc) is 3.61. The fraction of sp³-hybridized carbons (Fsp3) is 0.393. The van der Waals surface area contributed by atoms with Gasteiger partial charge in [-0.3, -0.25) is 9.59 Å². The maximum absolute atomic E-state index is 12.7. The Morgan fingerprint density at radius 2 is 1.71 bits per heavy atom. The van der Waals surface area contributed by atoms with Crippen LogP contribution in [0.25, 0.3) is 0 Å². The smallest absolute Gasteiger partial charge is 0.303 e. The van der Waals surface area contributed by atoms with Crippen LogP contribution in [0, 0.1) is 5.92 Å². The van der Waals surface area contributed by atoms with Gasteiger partial charge >= 0.3 is 5.97 Å². The van der Waals surface area contributed by atoms with Crippen LogP contribution in [0.5, 0.6) is 0 Å². The Morgan fingerprint density at radius 3 is 2.51 bits per heavy atom. The molecule has 4 atom stereocenters. The number of aryl methyl sites for hydroxylation is 1. The number of carboxylic acids is 1. The summed E-state index contributed by atoms with van der Waals surface area (Å²) in [5.41, 5.74) is 3.66. The standard InChI is InChI=1S/C28H30N2O5/c31-25(32)13-10-19-8-4-5-9-20(19)16-21-23-11-12-24(35-23)26(21)28-30-22(17-34-28)27(33)29-15-14-18-6-2-1-3-7-18/h1-9,17,21,23-24,26H,10-16H2,(H,29,33)(H,31,32)/t21-,23-,24+,26-/m0/s1. The number of amides is 1. The van der Waals surface area contributed by atoms with E-state index in [2.05, 4.69) is 16.4 Å². The molecule has 2 saturated heterocycles. The second-order valence-corrected chi connectivity index (χ2v) is 9.41. The molecular weight excluding hydrogens is 444 g/mol. The molecule has 35 heavy (non-hydrogen) atoms. The van der Waals surface area contributed by atoms with Crippen molar-refractivity contribution < 1.29 is 23.8 Å². The summed E-state index contributed by atoms with van der Waals surface area (Å²) in [6.45, 7) is 0.526. The van der Waals surface area contributed by atoms with Gasteiger partial charge in [-0.05, 0) is 48.8 Å². The van der Waals surface area contributed by atoms with Crippen molar-refractivity contribution >= 4 is 11.9 Å². The second kappa shape index (κ2) is 10.4. The van der Waals surface area contributed by atoms with Gasteiger partial charge in [0.1, 0.15) is 6.26 Å². The average molecular weight is 475 g/mol. The summed E-state index contributed by atoms with van der Waals surface area (Å²) in [7, 11) is 0. The fourth-order valence-corrected chi connectivity index (χ4v) is 5.47. The molecule has 1 amide bonds. The van der Waals surface area contributed by atoms with E-state index in [9.17, 15) is 9.59 Å². The fourth-order valence-electron chi connectivity index (χ4n) is 5.47. The Labute approximate surface area is 204 Å². The Morgan fingerprint density at radius 1 is 0.971 bits per heavy atom. The summed E-state index contributed by atoms with van der Waals surface area (Å²) < 4.78 is 12.1. The highest BCUT2D eigenvalue weighted by atomic mass is 16.5. The maximum Gasteiger partial charge on any atom is 0.303 e. The number of oxazole rings is 1. The summed E-state index contributed by atoms with van der Waals surface area (Å²) in [4.78, 5) is 28.3. The van der Waals surface area contributed by atoms with Crippen LogP contribution in [0.1, 0.15) is 58.2 Å². The lowest BCUT2D eigenvalue weighted by molar-refractivity contribution is -0.136. The minimum atomic E-state index is -0.796. The Hall–Kier alpha value is -3.45. The first-order chi connectivity index (χ1) is 17.1. The van der Waals surface area contributed by atoms with Gasteiger partial charge in [0.15, 0.2) is 5.69 Å². The molecule has 2 N–H and O–H groups in total. The molecule has 0 spiro atoms. The van der Waals surface area contributed by atoms with E-state index in [4.69, 9.17) is 14.3 Å². The van der Waals surface area contributed by atoms with Crippen molar-refractivity contribution in [3.8, 4) is 0 Å². The van der Waals surface area contributed by atoms with Gasteiger partial charge in [0, 0.05) is 18.9 Å². The molecule has 182 valence electrons. The number of fused-ring (bicyclic) bond motifs is 2. The minimum absolute atomic E-state index is 0.0212. The number of hydrogen-bond donors (Lipinski definition) is 2. The van der Waals surface area contributed by atoms with Crippen LogP contribution in [0.2, 0.25) is 0 Å². The molecule has 1 aromatic heterocycles. The van der Waals surface area contributed by atoms with Crippen molar-refractivity contribution in [2.24, 2.45) is 5.92 Å². The van der Waals surface area contributed by atoms with Gasteiger partial charge in [-0.25, -0.2) is 4.98 Å². The van der Waals surface area contributed by atoms with Crippen LogP contribution >= 0.6 is 0 Å². The van der Waals surface area contributed by atoms with E-state index < -0.39 is 5.97 Å². The Kier molecular flexibility index (Phi) is 6.95. The van der Waals surface area contributed by atoms with Crippen molar-refractivity contribution in [2.75, 3.05) is 6.54 Å². The first-order valence-corrected chi connectivity index (χ1v) is 12.3. The number of aliphatic carboxylic acids is 1. The molecule has 2 aromatic carbocycles. The second-order valence-electron chi connectivity index (χ2n) is 9.41.